The smallest absolute Gasteiger partial charge is 0.298 e. The van der Waals surface area contributed by atoms with Gasteiger partial charge in [0.2, 0.25) is 0 Å². The van der Waals surface area contributed by atoms with Gasteiger partial charge >= 0.3 is 6.18 Å². The second-order valence-electron chi connectivity index (χ2n) is 6.66. The van der Waals surface area contributed by atoms with Gasteiger partial charge in [0.1, 0.15) is 0 Å². The molecule has 2 aromatic rings. The zero-order valence-corrected chi connectivity index (χ0v) is 15.2. The molecule has 1 aromatic heterocycles. The number of carbonyl (C=O) groups excluding carboxylic acids is 1. The van der Waals surface area contributed by atoms with Crippen LogP contribution in [0.4, 0.5) is 18.3 Å². The summed E-state index contributed by atoms with van der Waals surface area (Å²) < 4.78 is 38.3. The van der Waals surface area contributed by atoms with Gasteiger partial charge in [-0.25, -0.2) is 4.98 Å². The van der Waals surface area contributed by atoms with Gasteiger partial charge in [0, 0.05) is 24.0 Å². The van der Waals surface area contributed by atoms with Crippen LogP contribution in [0.5, 0.6) is 0 Å². The van der Waals surface area contributed by atoms with Crippen LogP contribution in [-0.4, -0.2) is 28.9 Å². The van der Waals surface area contributed by atoms with Gasteiger partial charge in [-0.2, -0.15) is 13.2 Å². The number of nitrogens with one attached hydrogen (secondary N) is 1. The van der Waals surface area contributed by atoms with Crippen LogP contribution >= 0.6 is 11.3 Å². The first-order chi connectivity index (χ1) is 12.3. The number of halogens is 3. The van der Waals surface area contributed by atoms with Crippen molar-refractivity contribution in [2.75, 3.05) is 18.4 Å². The van der Waals surface area contributed by atoms with Crippen LogP contribution in [-0.2, 0) is 12.7 Å². The second kappa shape index (κ2) is 7.75. The Balaban J connectivity index is 1.63. The zero-order chi connectivity index (χ0) is 18.7. The molecule has 4 nitrogen and oxygen atoms in total. The van der Waals surface area contributed by atoms with Crippen LogP contribution in [0.3, 0.4) is 0 Å². The predicted molar refractivity (Wildman–Crippen MR) is 95.2 cm³/mol. The Bertz CT molecular complexity index is 775. The fourth-order valence-electron chi connectivity index (χ4n) is 3.10. The highest BCUT2D eigenvalue weighted by Crippen LogP contribution is 2.30. The minimum Gasteiger partial charge on any atom is -0.298 e. The van der Waals surface area contributed by atoms with Crippen molar-refractivity contribution in [3.8, 4) is 0 Å². The van der Waals surface area contributed by atoms with Gasteiger partial charge in [-0.1, -0.05) is 13.0 Å². The lowest BCUT2D eigenvalue weighted by atomic mass is 10.0. The molecule has 1 N–H and O–H groups in total. The maximum Gasteiger partial charge on any atom is 0.416 e. The van der Waals surface area contributed by atoms with Crippen molar-refractivity contribution in [1.29, 1.82) is 0 Å². The van der Waals surface area contributed by atoms with E-state index in [-0.39, 0.29) is 5.56 Å². The molecule has 1 aliphatic heterocycles. The highest BCUT2D eigenvalue weighted by Gasteiger charge is 2.31. The van der Waals surface area contributed by atoms with Crippen molar-refractivity contribution in [2.24, 2.45) is 5.92 Å². The summed E-state index contributed by atoms with van der Waals surface area (Å²) in [6.07, 6.45) is -2.06. The topological polar surface area (TPSA) is 45.2 Å². The molecule has 140 valence electrons. The SMILES string of the molecule is CC1CCCN(Cc2csc(NC(=O)c3cccc(C(F)(F)F)c3)n2)C1. The zero-order valence-electron chi connectivity index (χ0n) is 14.3. The number of aromatic nitrogens is 1. The third kappa shape index (κ3) is 4.82. The number of thiazole rings is 1. The van der Waals surface area contributed by atoms with Gasteiger partial charge in [0.15, 0.2) is 5.13 Å². The summed E-state index contributed by atoms with van der Waals surface area (Å²) in [5, 5.41) is 4.86. The van der Waals surface area contributed by atoms with Crippen molar-refractivity contribution in [3.63, 3.8) is 0 Å². The van der Waals surface area contributed by atoms with Gasteiger partial charge in [-0.05, 0) is 43.5 Å². The minimum absolute atomic E-state index is 0.0403. The highest BCUT2D eigenvalue weighted by atomic mass is 32.1. The van der Waals surface area contributed by atoms with Crippen molar-refractivity contribution in [1.82, 2.24) is 9.88 Å². The van der Waals surface area contributed by atoms with Crippen molar-refractivity contribution in [3.05, 3.63) is 46.5 Å². The van der Waals surface area contributed by atoms with E-state index in [1.807, 2.05) is 5.38 Å². The Labute approximate surface area is 154 Å². The molecule has 0 saturated carbocycles. The first-order valence-corrected chi connectivity index (χ1v) is 9.34. The standard InChI is InChI=1S/C18H20F3N3OS/c1-12-4-3-7-24(9-12)10-15-11-26-17(22-15)23-16(25)13-5-2-6-14(8-13)18(19,20)21/h2,5-6,8,11-12H,3-4,7,9-10H2,1H3,(H,22,23,25). The third-order valence-corrected chi connectivity index (χ3v) is 5.16. The van der Waals surface area contributed by atoms with Gasteiger partial charge in [0.05, 0.1) is 11.3 Å². The summed E-state index contributed by atoms with van der Waals surface area (Å²) in [5.74, 6) is 0.0751. The fraction of sp³-hybridized carbons (Fsp3) is 0.444. The molecule has 1 amide bonds. The quantitative estimate of drug-likeness (QED) is 0.836. The van der Waals surface area contributed by atoms with E-state index in [2.05, 4.69) is 22.1 Å². The van der Waals surface area contributed by atoms with Gasteiger partial charge in [-0.15, -0.1) is 11.3 Å². The molecule has 0 bridgehead atoms. The van der Waals surface area contributed by atoms with Crippen LogP contribution in [0.25, 0.3) is 0 Å². The van der Waals surface area contributed by atoms with Crippen LogP contribution in [0.2, 0.25) is 0 Å². The number of carbonyl (C=O) groups is 1. The van der Waals surface area contributed by atoms with Crippen LogP contribution in [0, 0.1) is 5.92 Å². The Morgan fingerprint density at radius 1 is 1.42 bits per heavy atom. The van der Waals surface area contributed by atoms with Crippen LogP contribution in [0.1, 0.15) is 41.4 Å². The molecule has 0 radical (unpaired) electrons. The fourth-order valence-corrected chi connectivity index (χ4v) is 3.80. The molecule has 1 fully saturated rings. The van der Waals surface area contributed by atoms with E-state index in [0.717, 1.165) is 37.5 Å². The largest absolute Gasteiger partial charge is 0.416 e. The van der Waals surface area contributed by atoms with E-state index in [1.54, 1.807) is 0 Å². The minimum atomic E-state index is -4.48. The van der Waals surface area contributed by atoms with Crippen LogP contribution in [0.15, 0.2) is 29.6 Å². The number of anilines is 1. The summed E-state index contributed by atoms with van der Waals surface area (Å²) in [5.41, 5.74) is -0.0194. The molecule has 1 unspecified atom stereocenters. The number of benzene rings is 1. The monoisotopic (exact) mass is 383 g/mol. The molecule has 1 aliphatic rings. The first kappa shape index (κ1) is 18.8. The predicted octanol–water partition coefficient (Wildman–Crippen LogP) is 4.65. The summed E-state index contributed by atoms with van der Waals surface area (Å²) in [6, 6.07) is 4.37. The van der Waals surface area contributed by atoms with Crippen molar-refractivity contribution < 1.29 is 18.0 Å². The van der Waals surface area contributed by atoms with E-state index in [1.165, 1.54) is 36.3 Å². The summed E-state index contributed by atoms with van der Waals surface area (Å²) in [7, 11) is 0. The number of amides is 1. The lowest BCUT2D eigenvalue weighted by Gasteiger charge is -2.30. The summed E-state index contributed by atoms with van der Waals surface area (Å²) in [4.78, 5) is 18.9. The van der Waals surface area contributed by atoms with Gasteiger partial charge in [-0.3, -0.25) is 15.0 Å². The summed E-state index contributed by atoms with van der Waals surface area (Å²) in [6.45, 7) is 5.02. The average Bonchev–Trinajstić information content (AvgIpc) is 3.01. The van der Waals surface area contributed by atoms with E-state index in [9.17, 15) is 18.0 Å². The van der Waals surface area contributed by atoms with E-state index < -0.39 is 17.6 Å². The highest BCUT2D eigenvalue weighted by molar-refractivity contribution is 7.13. The number of likely N-dealkylation sites (tertiary alicyclic amines) is 1. The number of piperidine rings is 1. The molecule has 26 heavy (non-hydrogen) atoms. The normalized spacial score (nSPS) is 18.7. The molecule has 3 rings (SSSR count). The lowest BCUT2D eigenvalue weighted by molar-refractivity contribution is -0.137. The number of nitrogens with zero attached hydrogens (tertiary/aromatic N) is 2. The maximum absolute atomic E-state index is 12.8. The molecular weight excluding hydrogens is 363 g/mol. The number of alkyl halides is 3. The van der Waals surface area contributed by atoms with E-state index >= 15 is 0 Å². The molecular formula is C18H20F3N3OS. The van der Waals surface area contributed by atoms with Crippen molar-refractivity contribution in [2.45, 2.75) is 32.5 Å². The van der Waals surface area contributed by atoms with Gasteiger partial charge in [0.25, 0.3) is 5.91 Å². The average molecular weight is 383 g/mol. The molecule has 0 aliphatic carbocycles. The third-order valence-electron chi connectivity index (χ3n) is 4.35. The first-order valence-electron chi connectivity index (χ1n) is 8.46. The Kier molecular flexibility index (Phi) is 5.62. The summed E-state index contributed by atoms with van der Waals surface area (Å²) >= 11 is 1.28. The van der Waals surface area contributed by atoms with Crippen molar-refractivity contribution >= 4 is 22.4 Å². The van der Waals surface area contributed by atoms with E-state index in [0.29, 0.717) is 11.0 Å². The number of rotatable bonds is 4. The van der Waals surface area contributed by atoms with Crippen LogP contribution < -0.4 is 5.32 Å². The number of hydrogen-bond donors (Lipinski definition) is 1. The molecule has 8 heteroatoms. The number of hydrogen-bond acceptors (Lipinski definition) is 4. The molecule has 1 atom stereocenters. The van der Waals surface area contributed by atoms with E-state index in [4.69, 9.17) is 0 Å². The Hall–Kier alpha value is -1.93. The molecule has 1 aromatic carbocycles. The molecule has 1 saturated heterocycles. The Morgan fingerprint density at radius 2 is 2.23 bits per heavy atom. The maximum atomic E-state index is 12.8. The molecule has 2 heterocycles. The Morgan fingerprint density at radius 3 is 2.96 bits per heavy atom. The van der Waals surface area contributed by atoms with Gasteiger partial charge < -0.3 is 0 Å². The lowest BCUT2D eigenvalue weighted by Crippen LogP contribution is -2.33. The molecule has 0 spiro atoms. The second-order valence-corrected chi connectivity index (χ2v) is 7.52.